The fourth-order valence-corrected chi connectivity index (χ4v) is 2.93. The number of thiophene rings is 1. The van der Waals surface area contributed by atoms with E-state index in [-0.39, 0.29) is 0 Å². The van der Waals surface area contributed by atoms with Crippen molar-refractivity contribution in [1.29, 1.82) is 0 Å². The van der Waals surface area contributed by atoms with Gasteiger partial charge in [-0.2, -0.15) is 0 Å². The molecule has 0 amide bonds. The van der Waals surface area contributed by atoms with Crippen LogP contribution in [0.15, 0.2) is 6.07 Å². The lowest BCUT2D eigenvalue weighted by Gasteiger charge is -2.27. The molecule has 0 atom stereocenters. The molecular weight excluding hydrogens is 236 g/mol. The molecule has 17 heavy (non-hydrogen) atoms. The summed E-state index contributed by atoms with van der Waals surface area (Å²) in [6, 6.07) is 1.78. The standard InChI is InChI=1S/C12H18N2O2S/c1-9-10(7-11(17-9)12(15)16)8-13-14-5-3-2-4-6-14/h7,13H,2-6,8H2,1H3,(H,15,16). The first-order valence-corrected chi connectivity index (χ1v) is 6.79. The summed E-state index contributed by atoms with van der Waals surface area (Å²) in [5.74, 6) is -0.831. The van der Waals surface area contributed by atoms with Crippen molar-refractivity contribution in [1.82, 2.24) is 10.4 Å². The first kappa shape index (κ1) is 12.5. The summed E-state index contributed by atoms with van der Waals surface area (Å²) in [6.45, 7) is 4.89. The van der Waals surface area contributed by atoms with Crippen LogP contribution in [0.1, 0.15) is 39.4 Å². The molecule has 0 aromatic carbocycles. The van der Waals surface area contributed by atoms with Crippen LogP contribution in [0.4, 0.5) is 0 Å². The lowest BCUT2D eigenvalue weighted by molar-refractivity contribution is 0.0702. The average Bonchev–Trinajstić information content (AvgIpc) is 2.70. The van der Waals surface area contributed by atoms with E-state index in [1.54, 1.807) is 6.07 Å². The Morgan fingerprint density at radius 1 is 1.47 bits per heavy atom. The van der Waals surface area contributed by atoms with Crippen LogP contribution in [-0.4, -0.2) is 29.2 Å². The van der Waals surface area contributed by atoms with Crippen LogP contribution in [0.5, 0.6) is 0 Å². The Bertz CT molecular complexity index is 397. The van der Waals surface area contributed by atoms with Gasteiger partial charge < -0.3 is 5.11 Å². The zero-order valence-electron chi connectivity index (χ0n) is 10.0. The predicted octanol–water partition coefficient (Wildman–Crippen LogP) is 2.25. The fraction of sp³-hybridized carbons (Fsp3) is 0.583. The van der Waals surface area contributed by atoms with Gasteiger partial charge in [0.05, 0.1) is 0 Å². The van der Waals surface area contributed by atoms with Gasteiger partial charge in [0.25, 0.3) is 0 Å². The molecule has 4 nitrogen and oxygen atoms in total. The number of hydrazine groups is 1. The number of hydrogen-bond acceptors (Lipinski definition) is 4. The molecule has 0 unspecified atom stereocenters. The summed E-state index contributed by atoms with van der Waals surface area (Å²) in [5, 5.41) is 11.2. The zero-order chi connectivity index (χ0) is 12.3. The van der Waals surface area contributed by atoms with E-state index in [9.17, 15) is 4.79 Å². The van der Waals surface area contributed by atoms with Gasteiger partial charge in [-0.25, -0.2) is 9.80 Å². The highest BCUT2D eigenvalue weighted by Crippen LogP contribution is 2.21. The normalized spacial score (nSPS) is 17.2. The van der Waals surface area contributed by atoms with Gasteiger partial charge in [0.2, 0.25) is 0 Å². The molecule has 0 saturated carbocycles. The van der Waals surface area contributed by atoms with Crippen molar-refractivity contribution in [2.24, 2.45) is 0 Å². The largest absolute Gasteiger partial charge is 0.477 e. The number of nitrogens with zero attached hydrogens (tertiary/aromatic N) is 1. The van der Waals surface area contributed by atoms with Crippen LogP contribution in [0, 0.1) is 6.92 Å². The topological polar surface area (TPSA) is 52.6 Å². The molecule has 0 aliphatic carbocycles. The second-order valence-corrected chi connectivity index (χ2v) is 5.64. The Morgan fingerprint density at radius 3 is 2.76 bits per heavy atom. The molecule has 2 rings (SSSR count). The van der Waals surface area contributed by atoms with Crippen molar-refractivity contribution in [3.05, 3.63) is 21.4 Å². The molecule has 2 heterocycles. The maximum Gasteiger partial charge on any atom is 0.345 e. The maximum atomic E-state index is 10.9. The monoisotopic (exact) mass is 254 g/mol. The molecule has 0 radical (unpaired) electrons. The van der Waals surface area contributed by atoms with E-state index in [0.29, 0.717) is 4.88 Å². The second kappa shape index (κ2) is 5.62. The Hall–Kier alpha value is -0.910. The fourth-order valence-electron chi connectivity index (χ4n) is 2.05. The third kappa shape index (κ3) is 3.28. The van der Waals surface area contributed by atoms with Gasteiger partial charge in [0.15, 0.2) is 0 Å². The van der Waals surface area contributed by atoms with E-state index in [1.165, 1.54) is 30.6 Å². The number of carbonyl (C=O) groups is 1. The maximum absolute atomic E-state index is 10.9. The lowest BCUT2D eigenvalue weighted by Crippen LogP contribution is -2.41. The minimum Gasteiger partial charge on any atom is -0.477 e. The molecule has 5 heteroatoms. The smallest absolute Gasteiger partial charge is 0.345 e. The number of hydrogen-bond donors (Lipinski definition) is 2. The van der Waals surface area contributed by atoms with Crippen molar-refractivity contribution in [3.63, 3.8) is 0 Å². The first-order valence-electron chi connectivity index (χ1n) is 5.98. The SMILES string of the molecule is Cc1sc(C(=O)O)cc1CNN1CCCCC1. The first-order chi connectivity index (χ1) is 8.16. The average molecular weight is 254 g/mol. The molecule has 0 bridgehead atoms. The number of carboxylic acid groups (broad SMARTS) is 1. The van der Waals surface area contributed by atoms with Gasteiger partial charge in [-0.15, -0.1) is 11.3 Å². The molecule has 1 aliphatic rings. The van der Waals surface area contributed by atoms with E-state index in [1.807, 2.05) is 6.92 Å². The third-order valence-corrected chi connectivity index (χ3v) is 4.16. The summed E-state index contributed by atoms with van der Waals surface area (Å²) in [5.41, 5.74) is 4.47. The van der Waals surface area contributed by atoms with Crippen LogP contribution in [0.3, 0.4) is 0 Å². The quantitative estimate of drug-likeness (QED) is 0.865. The second-order valence-electron chi connectivity index (χ2n) is 4.38. The third-order valence-electron chi connectivity index (χ3n) is 3.08. The Kier molecular flexibility index (Phi) is 4.15. The number of rotatable bonds is 4. The number of piperidine rings is 1. The van der Waals surface area contributed by atoms with E-state index in [2.05, 4.69) is 10.4 Å². The number of carboxylic acids is 1. The van der Waals surface area contributed by atoms with E-state index in [0.717, 1.165) is 30.1 Å². The number of nitrogens with one attached hydrogen (secondary N) is 1. The number of aryl methyl sites for hydroxylation is 1. The molecule has 1 fully saturated rings. The van der Waals surface area contributed by atoms with Crippen molar-refractivity contribution in [2.75, 3.05) is 13.1 Å². The van der Waals surface area contributed by atoms with Crippen LogP contribution in [0.2, 0.25) is 0 Å². The predicted molar refractivity (Wildman–Crippen MR) is 68.3 cm³/mol. The molecular formula is C12H18N2O2S. The van der Waals surface area contributed by atoms with Gasteiger partial charge in [0, 0.05) is 24.5 Å². The minimum atomic E-state index is -0.831. The summed E-state index contributed by atoms with van der Waals surface area (Å²) in [7, 11) is 0. The minimum absolute atomic E-state index is 0.429. The van der Waals surface area contributed by atoms with Gasteiger partial charge in [-0.3, -0.25) is 5.43 Å². The molecule has 1 aromatic rings. The zero-order valence-corrected chi connectivity index (χ0v) is 10.8. The summed E-state index contributed by atoms with van der Waals surface area (Å²) in [4.78, 5) is 12.4. The molecule has 1 aliphatic heterocycles. The molecule has 94 valence electrons. The van der Waals surface area contributed by atoms with Gasteiger partial charge in [-0.1, -0.05) is 6.42 Å². The van der Waals surface area contributed by atoms with E-state index in [4.69, 9.17) is 5.11 Å². The Balaban J connectivity index is 1.91. The Labute approximate surface area is 105 Å². The molecule has 1 saturated heterocycles. The van der Waals surface area contributed by atoms with Crippen LogP contribution in [0.25, 0.3) is 0 Å². The summed E-state index contributed by atoms with van der Waals surface area (Å²) < 4.78 is 0. The molecule has 2 N–H and O–H groups in total. The Morgan fingerprint density at radius 2 is 2.18 bits per heavy atom. The highest BCUT2D eigenvalue weighted by molar-refractivity contribution is 7.14. The van der Waals surface area contributed by atoms with Crippen molar-refractivity contribution in [2.45, 2.75) is 32.7 Å². The number of aromatic carboxylic acids is 1. The highest BCUT2D eigenvalue weighted by Gasteiger charge is 2.13. The van der Waals surface area contributed by atoms with Gasteiger partial charge >= 0.3 is 5.97 Å². The van der Waals surface area contributed by atoms with Crippen LogP contribution in [-0.2, 0) is 6.54 Å². The van der Waals surface area contributed by atoms with Crippen molar-refractivity contribution >= 4 is 17.3 Å². The van der Waals surface area contributed by atoms with Crippen molar-refractivity contribution in [3.8, 4) is 0 Å². The van der Waals surface area contributed by atoms with Crippen LogP contribution >= 0.6 is 11.3 Å². The van der Waals surface area contributed by atoms with Gasteiger partial charge in [-0.05, 0) is 31.4 Å². The summed E-state index contributed by atoms with van der Waals surface area (Å²) >= 11 is 1.35. The molecule has 1 aromatic heterocycles. The van der Waals surface area contributed by atoms with Crippen LogP contribution < -0.4 is 5.43 Å². The highest BCUT2D eigenvalue weighted by atomic mass is 32.1. The molecule has 0 spiro atoms. The van der Waals surface area contributed by atoms with E-state index < -0.39 is 5.97 Å². The van der Waals surface area contributed by atoms with Gasteiger partial charge in [0.1, 0.15) is 4.88 Å². The summed E-state index contributed by atoms with van der Waals surface area (Å²) in [6.07, 6.45) is 3.81. The lowest BCUT2D eigenvalue weighted by atomic mass is 10.2. The van der Waals surface area contributed by atoms with Crippen molar-refractivity contribution < 1.29 is 9.90 Å². The van der Waals surface area contributed by atoms with E-state index >= 15 is 0 Å².